The molecule has 0 saturated carbocycles. The van der Waals surface area contributed by atoms with Crippen molar-refractivity contribution >= 4 is 11.9 Å². The predicted octanol–water partition coefficient (Wildman–Crippen LogP) is 0.690. The van der Waals surface area contributed by atoms with Gasteiger partial charge in [0.2, 0.25) is 0 Å². The van der Waals surface area contributed by atoms with E-state index in [4.69, 9.17) is 0 Å². The molecule has 0 unspecified atom stereocenters. The highest BCUT2D eigenvalue weighted by Crippen LogP contribution is 2.21. The van der Waals surface area contributed by atoms with Crippen molar-refractivity contribution in [1.82, 2.24) is 29.9 Å². The van der Waals surface area contributed by atoms with Crippen molar-refractivity contribution in [3.05, 3.63) is 11.6 Å². The predicted molar refractivity (Wildman–Crippen MR) is 88.4 cm³/mol. The van der Waals surface area contributed by atoms with E-state index in [2.05, 4.69) is 20.3 Å². The summed E-state index contributed by atoms with van der Waals surface area (Å²) in [4.78, 5) is 32.3. The number of urea groups is 1. The van der Waals surface area contributed by atoms with Crippen LogP contribution in [0.2, 0.25) is 0 Å². The Bertz CT molecular complexity index is 653. The van der Waals surface area contributed by atoms with Crippen LogP contribution in [0.1, 0.15) is 38.3 Å². The van der Waals surface area contributed by atoms with Crippen LogP contribution in [0, 0.1) is 13.8 Å². The monoisotopic (exact) mass is 334 g/mol. The van der Waals surface area contributed by atoms with Crippen LogP contribution in [-0.2, 0) is 11.3 Å². The average Bonchev–Trinajstić information content (AvgIpc) is 3.10. The van der Waals surface area contributed by atoms with E-state index < -0.39 is 5.54 Å². The average molecular weight is 334 g/mol. The molecular weight excluding hydrogens is 308 g/mol. The highest BCUT2D eigenvalue weighted by Gasteiger charge is 2.44. The molecule has 3 rings (SSSR count). The molecule has 0 radical (unpaired) electrons. The number of rotatable bonds is 5. The molecule has 132 valence electrons. The highest BCUT2D eigenvalue weighted by atomic mass is 16.2. The summed E-state index contributed by atoms with van der Waals surface area (Å²) < 4.78 is 1.95. The molecule has 0 aliphatic carbocycles. The van der Waals surface area contributed by atoms with Crippen molar-refractivity contribution in [1.29, 1.82) is 0 Å². The van der Waals surface area contributed by atoms with Gasteiger partial charge in [0.15, 0.2) is 0 Å². The number of nitrogens with zero attached hydrogens (tertiary/aromatic N) is 5. The van der Waals surface area contributed by atoms with Gasteiger partial charge in [-0.3, -0.25) is 14.6 Å². The maximum atomic E-state index is 12.3. The molecule has 24 heavy (non-hydrogen) atoms. The fourth-order valence-electron chi connectivity index (χ4n) is 3.58. The Kier molecular flexibility index (Phi) is 4.33. The van der Waals surface area contributed by atoms with Crippen molar-refractivity contribution < 1.29 is 9.59 Å². The van der Waals surface area contributed by atoms with E-state index in [0.29, 0.717) is 19.1 Å². The van der Waals surface area contributed by atoms with Gasteiger partial charge in [-0.2, -0.15) is 5.10 Å². The molecule has 1 N–H and O–H groups in total. The lowest BCUT2D eigenvalue weighted by molar-refractivity contribution is -0.130. The van der Waals surface area contributed by atoms with Gasteiger partial charge in [0, 0.05) is 19.1 Å². The Labute approximate surface area is 142 Å². The van der Waals surface area contributed by atoms with E-state index in [0.717, 1.165) is 37.6 Å². The minimum atomic E-state index is -0.795. The third-order valence-electron chi connectivity index (χ3n) is 4.90. The molecule has 3 amide bonds. The molecule has 2 aliphatic rings. The maximum Gasteiger partial charge on any atom is 0.325 e. The normalized spacial score (nSPS) is 24.0. The van der Waals surface area contributed by atoms with Gasteiger partial charge in [-0.25, -0.2) is 14.5 Å². The fourth-order valence-corrected chi connectivity index (χ4v) is 3.58. The zero-order valence-electron chi connectivity index (χ0n) is 14.9. The van der Waals surface area contributed by atoms with Gasteiger partial charge in [-0.15, -0.1) is 0 Å². The summed E-state index contributed by atoms with van der Waals surface area (Å²) in [5.74, 6) is 1.57. The topological polar surface area (TPSA) is 83.4 Å². The van der Waals surface area contributed by atoms with Gasteiger partial charge < -0.3 is 5.32 Å². The first-order valence-electron chi connectivity index (χ1n) is 8.54. The van der Waals surface area contributed by atoms with E-state index in [1.54, 1.807) is 13.8 Å². The zero-order valence-corrected chi connectivity index (χ0v) is 14.9. The Hall–Kier alpha value is -1.96. The van der Waals surface area contributed by atoms with E-state index in [1.165, 1.54) is 4.90 Å². The number of imide groups is 1. The Morgan fingerprint density at radius 1 is 1.25 bits per heavy atom. The fraction of sp³-hybridized carbons (Fsp3) is 0.750. The molecule has 8 nitrogen and oxygen atoms in total. The maximum absolute atomic E-state index is 12.3. The largest absolute Gasteiger partial charge is 0.325 e. The van der Waals surface area contributed by atoms with Gasteiger partial charge in [0.25, 0.3) is 5.91 Å². The summed E-state index contributed by atoms with van der Waals surface area (Å²) >= 11 is 0. The summed E-state index contributed by atoms with van der Waals surface area (Å²) in [6.45, 7) is 10.3. The number of nitrogens with one attached hydrogen (secondary N) is 1. The first kappa shape index (κ1) is 16.9. The number of hydrogen-bond donors (Lipinski definition) is 1. The minimum Gasteiger partial charge on any atom is -0.324 e. The molecule has 0 spiro atoms. The second-order valence-electron chi connectivity index (χ2n) is 7.23. The van der Waals surface area contributed by atoms with Gasteiger partial charge in [-0.1, -0.05) is 0 Å². The van der Waals surface area contributed by atoms with Crippen LogP contribution in [0.15, 0.2) is 0 Å². The minimum absolute atomic E-state index is 0.147. The number of aromatic nitrogens is 3. The van der Waals surface area contributed by atoms with Crippen LogP contribution in [0.25, 0.3) is 0 Å². The van der Waals surface area contributed by atoms with E-state index in [9.17, 15) is 9.59 Å². The molecule has 2 fully saturated rings. The smallest absolute Gasteiger partial charge is 0.324 e. The second-order valence-corrected chi connectivity index (χ2v) is 7.23. The molecule has 2 aliphatic heterocycles. The summed E-state index contributed by atoms with van der Waals surface area (Å²) in [5.41, 5.74) is -0.795. The van der Waals surface area contributed by atoms with Crippen LogP contribution < -0.4 is 5.32 Å². The Balaban J connectivity index is 1.59. The van der Waals surface area contributed by atoms with Crippen LogP contribution in [-0.4, -0.2) is 67.7 Å². The summed E-state index contributed by atoms with van der Waals surface area (Å²) in [6, 6.07) is 0.0852. The van der Waals surface area contributed by atoms with Crippen molar-refractivity contribution in [3.63, 3.8) is 0 Å². The van der Waals surface area contributed by atoms with E-state index in [-0.39, 0.29) is 11.9 Å². The summed E-state index contributed by atoms with van der Waals surface area (Å²) in [6.07, 6.45) is 2.23. The van der Waals surface area contributed by atoms with Crippen LogP contribution in [0.4, 0.5) is 4.79 Å². The lowest BCUT2D eigenvalue weighted by Crippen LogP contribution is -2.43. The first-order valence-corrected chi connectivity index (χ1v) is 8.54. The molecule has 2 saturated heterocycles. The van der Waals surface area contributed by atoms with Crippen molar-refractivity contribution in [2.75, 3.05) is 19.6 Å². The van der Waals surface area contributed by atoms with Gasteiger partial charge >= 0.3 is 6.03 Å². The molecule has 0 aromatic carbocycles. The number of carbonyl (C=O) groups is 2. The molecule has 0 bridgehead atoms. The number of aryl methyl sites for hydroxylation is 2. The lowest BCUT2D eigenvalue weighted by atomic mass is 10.1. The van der Waals surface area contributed by atoms with Crippen LogP contribution >= 0.6 is 0 Å². The SMILES string of the molecule is Cc1nc(C)n(C[C@@H]2CCCN2CCN2C(=O)NC(C)(C)C2=O)n1. The molecular formula is C16H26N6O2. The van der Waals surface area contributed by atoms with Gasteiger partial charge in [-0.05, 0) is 47.1 Å². The number of hydrogen-bond acceptors (Lipinski definition) is 5. The first-order chi connectivity index (χ1) is 11.3. The third kappa shape index (κ3) is 3.15. The van der Waals surface area contributed by atoms with Crippen LogP contribution in [0.3, 0.4) is 0 Å². The quantitative estimate of drug-likeness (QED) is 0.801. The molecule has 3 heterocycles. The number of amides is 3. The van der Waals surface area contributed by atoms with E-state index in [1.807, 2.05) is 18.5 Å². The van der Waals surface area contributed by atoms with Crippen molar-refractivity contribution in [3.8, 4) is 0 Å². The third-order valence-corrected chi connectivity index (χ3v) is 4.90. The summed E-state index contributed by atoms with van der Waals surface area (Å²) in [5, 5.41) is 7.17. The molecule has 1 atom stereocenters. The molecule has 8 heteroatoms. The van der Waals surface area contributed by atoms with Crippen molar-refractivity contribution in [2.24, 2.45) is 0 Å². The van der Waals surface area contributed by atoms with Gasteiger partial charge in [0.1, 0.15) is 17.2 Å². The van der Waals surface area contributed by atoms with E-state index >= 15 is 0 Å². The van der Waals surface area contributed by atoms with Crippen LogP contribution in [0.5, 0.6) is 0 Å². The number of carbonyl (C=O) groups excluding carboxylic acids is 2. The molecule has 1 aromatic rings. The Morgan fingerprint density at radius 2 is 2.00 bits per heavy atom. The highest BCUT2D eigenvalue weighted by molar-refractivity contribution is 6.06. The molecule has 1 aromatic heterocycles. The standard InChI is InChI=1S/C16H26N6O2/c1-11-17-12(2)22(19-11)10-13-6-5-7-20(13)8-9-21-14(23)16(3,4)18-15(21)24/h13H,5-10H2,1-4H3,(H,18,24)/t13-/m0/s1. The van der Waals surface area contributed by atoms with Gasteiger partial charge in [0.05, 0.1) is 6.54 Å². The summed E-state index contributed by atoms with van der Waals surface area (Å²) in [7, 11) is 0. The number of likely N-dealkylation sites (tertiary alicyclic amines) is 1. The second kappa shape index (κ2) is 6.16. The van der Waals surface area contributed by atoms with Crippen molar-refractivity contribution in [2.45, 2.75) is 58.7 Å². The Morgan fingerprint density at radius 3 is 2.58 bits per heavy atom. The zero-order chi connectivity index (χ0) is 17.5. The lowest BCUT2D eigenvalue weighted by Gasteiger charge is -2.26.